The fourth-order valence-corrected chi connectivity index (χ4v) is 2.36. The molecule has 0 saturated heterocycles. The zero-order valence-electron chi connectivity index (χ0n) is 14.5. The van der Waals surface area contributed by atoms with E-state index in [9.17, 15) is 4.79 Å². The molecule has 0 unspecified atom stereocenters. The normalized spacial score (nSPS) is 11.2. The molecule has 0 atom stereocenters. The molecule has 0 heterocycles. The van der Waals surface area contributed by atoms with Crippen LogP contribution in [0.4, 0.5) is 0 Å². The van der Waals surface area contributed by atoms with E-state index in [1.807, 2.05) is 75.4 Å². The minimum atomic E-state index is -0.246. The predicted octanol–water partition coefficient (Wildman–Crippen LogP) is 4.93. The maximum atomic E-state index is 11.9. The van der Waals surface area contributed by atoms with E-state index in [1.54, 1.807) is 0 Å². The SMILES string of the molecule is CCOC(=O)/C(=C\c1ccc(OCc2ccccc2)cc1C)CC. The number of benzene rings is 2. The van der Waals surface area contributed by atoms with Crippen molar-refractivity contribution >= 4 is 12.0 Å². The molecule has 0 aliphatic rings. The molecule has 2 aromatic rings. The fraction of sp³-hybridized carbons (Fsp3) is 0.286. The third-order valence-corrected chi connectivity index (χ3v) is 3.74. The molecule has 2 rings (SSSR count). The van der Waals surface area contributed by atoms with E-state index in [4.69, 9.17) is 9.47 Å². The van der Waals surface area contributed by atoms with Crippen LogP contribution in [0.5, 0.6) is 5.75 Å². The van der Waals surface area contributed by atoms with Gasteiger partial charge in [-0.05, 0) is 55.2 Å². The van der Waals surface area contributed by atoms with E-state index >= 15 is 0 Å². The van der Waals surface area contributed by atoms with Crippen LogP contribution in [0.3, 0.4) is 0 Å². The Morgan fingerprint density at radius 1 is 1.08 bits per heavy atom. The molecule has 0 aliphatic heterocycles. The highest BCUT2D eigenvalue weighted by Gasteiger charge is 2.09. The summed E-state index contributed by atoms with van der Waals surface area (Å²) in [6.07, 6.45) is 2.54. The van der Waals surface area contributed by atoms with Crippen molar-refractivity contribution in [1.29, 1.82) is 0 Å². The molecule has 0 aromatic heterocycles. The number of ether oxygens (including phenoxy) is 2. The molecule has 0 saturated carbocycles. The lowest BCUT2D eigenvalue weighted by molar-refractivity contribution is -0.138. The summed E-state index contributed by atoms with van der Waals surface area (Å²) in [7, 11) is 0. The van der Waals surface area contributed by atoms with Crippen LogP contribution < -0.4 is 4.74 Å². The first-order chi connectivity index (χ1) is 11.6. The molecule has 0 amide bonds. The Kier molecular flexibility index (Phi) is 6.62. The molecule has 0 radical (unpaired) electrons. The van der Waals surface area contributed by atoms with Gasteiger partial charge in [-0.1, -0.05) is 43.3 Å². The van der Waals surface area contributed by atoms with Gasteiger partial charge in [0, 0.05) is 5.57 Å². The number of esters is 1. The van der Waals surface area contributed by atoms with Crippen LogP contribution in [-0.2, 0) is 16.1 Å². The summed E-state index contributed by atoms with van der Waals surface area (Å²) in [5, 5.41) is 0. The van der Waals surface area contributed by atoms with Gasteiger partial charge in [0.1, 0.15) is 12.4 Å². The van der Waals surface area contributed by atoms with E-state index in [2.05, 4.69) is 0 Å². The van der Waals surface area contributed by atoms with Gasteiger partial charge in [0.25, 0.3) is 0 Å². The zero-order valence-corrected chi connectivity index (χ0v) is 14.5. The topological polar surface area (TPSA) is 35.5 Å². The average molecular weight is 324 g/mol. The van der Waals surface area contributed by atoms with Gasteiger partial charge in [0.05, 0.1) is 6.61 Å². The van der Waals surface area contributed by atoms with E-state index in [-0.39, 0.29) is 5.97 Å². The average Bonchev–Trinajstić information content (AvgIpc) is 2.60. The van der Waals surface area contributed by atoms with Crippen molar-refractivity contribution in [2.24, 2.45) is 0 Å². The van der Waals surface area contributed by atoms with Gasteiger partial charge in [0.15, 0.2) is 0 Å². The van der Waals surface area contributed by atoms with Crippen LogP contribution in [0.25, 0.3) is 6.08 Å². The first-order valence-corrected chi connectivity index (χ1v) is 8.29. The molecule has 0 fully saturated rings. The summed E-state index contributed by atoms with van der Waals surface area (Å²) in [5.74, 6) is 0.575. The molecular formula is C21H24O3. The lowest BCUT2D eigenvalue weighted by Gasteiger charge is -2.10. The molecular weight excluding hydrogens is 300 g/mol. The molecule has 2 aromatic carbocycles. The van der Waals surface area contributed by atoms with Gasteiger partial charge in [-0.15, -0.1) is 0 Å². The molecule has 3 heteroatoms. The van der Waals surface area contributed by atoms with Gasteiger partial charge >= 0.3 is 5.97 Å². The quantitative estimate of drug-likeness (QED) is 0.535. The maximum absolute atomic E-state index is 11.9. The molecule has 24 heavy (non-hydrogen) atoms. The minimum Gasteiger partial charge on any atom is -0.489 e. The largest absolute Gasteiger partial charge is 0.489 e. The van der Waals surface area contributed by atoms with Gasteiger partial charge < -0.3 is 9.47 Å². The number of hydrogen-bond donors (Lipinski definition) is 0. The Labute approximate surface area is 143 Å². The maximum Gasteiger partial charge on any atom is 0.333 e. The summed E-state index contributed by atoms with van der Waals surface area (Å²) in [4.78, 5) is 11.9. The number of hydrogen-bond acceptors (Lipinski definition) is 3. The highest BCUT2D eigenvalue weighted by Crippen LogP contribution is 2.21. The van der Waals surface area contributed by atoms with Gasteiger partial charge in [-0.2, -0.15) is 0 Å². The monoisotopic (exact) mass is 324 g/mol. The second-order valence-corrected chi connectivity index (χ2v) is 5.54. The summed E-state index contributed by atoms with van der Waals surface area (Å²) in [6.45, 7) is 6.71. The van der Waals surface area contributed by atoms with Crippen LogP contribution in [0, 0.1) is 6.92 Å². The lowest BCUT2D eigenvalue weighted by atomic mass is 10.0. The third kappa shape index (κ3) is 4.98. The highest BCUT2D eigenvalue weighted by molar-refractivity contribution is 5.93. The Hall–Kier alpha value is -2.55. The van der Waals surface area contributed by atoms with E-state index in [0.717, 1.165) is 22.4 Å². The van der Waals surface area contributed by atoms with Crippen molar-refractivity contribution in [2.45, 2.75) is 33.8 Å². The van der Waals surface area contributed by atoms with Crippen LogP contribution in [-0.4, -0.2) is 12.6 Å². The first-order valence-electron chi connectivity index (χ1n) is 8.29. The third-order valence-electron chi connectivity index (χ3n) is 3.74. The van der Waals surface area contributed by atoms with Crippen LogP contribution in [0.2, 0.25) is 0 Å². The summed E-state index contributed by atoms with van der Waals surface area (Å²) in [5.41, 5.74) is 3.88. The van der Waals surface area contributed by atoms with Crippen molar-refractivity contribution in [1.82, 2.24) is 0 Å². The van der Waals surface area contributed by atoms with Crippen molar-refractivity contribution in [3.05, 3.63) is 70.8 Å². The van der Waals surface area contributed by atoms with Gasteiger partial charge in [-0.25, -0.2) is 4.79 Å². The van der Waals surface area contributed by atoms with Crippen LogP contribution >= 0.6 is 0 Å². The predicted molar refractivity (Wildman–Crippen MR) is 96.9 cm³/mol. The molecule has 0 aliphatic carbocycles. The Bertz CT molecular complexity index is 702. The van der Waals surface area contributed by atoms with Crippen molar-refractivity contribution in [3.63, 3.8) is 0 Å². The summed E-state index contributed by atoms with van der Waals surface area (Å²) in [6, 6.07) is 16.0. The minimum absolute atomic E-state index is 0.246. The second-order valence-electron chi connectivity index (χ2n) is 5.54. The Morgan fingerprint density at radius 2 is 1.83 bits per heavy atom. The first kappa shape index (κ1) is 17.8. The second kappa shape index (κ2) is 8.92. The molecule has 126 valence electrons. The number of carbonyl (C=O) groups excluding carboxylic acids is 1. The number of aryl methyl sites for hydroxylation is 1. The highest BCUT2D eigenvalue weighted by atomic mass is 16.5. The number of rotatable bonds is 7. The van der Waals surface area contributed by atoms with Crippen LogP contribution in [0.1, 0.15) is 37.0 Å². The van der Waals surface area contributed by atoms with Gasteiger partial charge in [0.2, 0.25) is 0 Å². The van der Waals surface area contributed by atoms with Crippen molar-refractivity contribution < 1.29 is 14.3 Å². The lowest BCUT2D eigenvalue weighted by Crippen LogP contribution is -2.07. The molecule has 0 spiro atoms. The molecule has 3 nitrogen and oxygen atoms in total. The molecule has 0 bridgehead atoms. The number of carbonyl (C=O) groups is 1. The van der Waals surface area contributed by atoms with Crippen molar-refractivity contribution in [2.75, 3.05) is 6.61 Å². The smallest absolute Gasteiger partial charge is 0.333 e. The van der Waals surface area contributed by atoms with E-state index in [1.165, 1.54) is 0 Å². The Balaban J connectivity index is 2.10. The summed E-state index contributed by atoms with van der Waals surface area (Å²) >= 11 is 0. The van der Waals surface area contributed by atoms with Gasteiger partial charge in [-0.3, -0.25) is 0 Å². The van der Waals surface area contributed by atoms with E-state index in [0.29, 0.717) is 25.2 Å². The Morgan fingerprint density at radius 3 is 2.46 bits per heavy atom. The standard InChI is InChI=1S/C21H24O3/c1-4-18(21(22)23-5-2)14-19-11-12-20(13-16(19)3)24-15-17-9-7-6-8-10-17/h6-14H,4-5,15H2,1-3H3/b18-14-. The van der Waals surface area contributed by atoms with E-state index < -0.39 is 0 Å². The summed E-state index contributed by atoms with van der Waals surface area (Å²) < 4.78 is 10.9. The zero-order chi connectivity index (χ0) is 17.4. The fourth-order valence-electron chi connectivity index (χ4n) is 2.36. The van der Waals surface area contributed by atoms with Crippen LogP contribution in [0.15, 0.2) is 54.1 Å². The molecule has 0 N–H and O–H groups in total. The van der Waals surface area contributed by atoms with Crippen molar-refractivity contribution in [3.8, 4) is 5.75 Å².